The molecule has 0 bridgehead atoms. The molecular formula is C17H15ClFNS. The Bertz CT molecular complexity index is 768. The third-order valence-electron chi connectivity index (χ3n) is 3.51. The highest BCUT2D eigenvalue weighted by Gasteiger charge is 2.18. The molecule has 1 nitrogen and oxygen atoms in total. The molecule has 21 heavy (non-hydrogen) atoms. The summed E-state index contributed by atoms with van der Waals surface area (Å²) in [5.41, 5.74) is 2.07. The predicted octanol–water partition coefficient (Wildman–Crippen LogP) is 5.39. The molecule has 1 heterocycles. The van der Waals surface area contributed by atoms with E-state index in [2.05, 4.69) is 22.8 Å². The molecule has 0 saturated heterocycles. The molecule has 108 valence electrons. The van der Waals surface area contributed by atoms with E-state index in [0.717, 1.165) is 12.1 Å². The number of benzene rings is 2. The average Bonchev–Trinajstić information content (AvgIpc) is 2.92. The second-order valence-corrected chi connectivity index (χ2v) is 6.17. The van der Waals surface area contributed by atoms with E-state index in [0.29, 0.717) is 0 Å². The van der Waals surface area contributed by atoms with E-state index in [4.69, 9.17) is 11.6 Å². The van der Waals surface area contributed by atoms with Gasteiger partial charge in [-0.15, -0.1) is 11.3 Å². The topological polar surface area (TPSA) is 12.0 Å². The van der Waals surface area contributed by atoms with Crippen molar-refractivity contribution < 1.29 is 4.39 Å². The molecule has 1 aromatic heterocycles. The van der Waals surface area contributed by atoms with Crippen LogP contribution in [0.3, 0.4) is 0 Å². The van der Waals surface area contributed by atoms with E-state index in [1.807, 2.05) is 25.1 Å². The van der Waals surface area contributed by atoms with Crippen LogP contribution in [-0.4, -0.2) is 6.54 Å². The molecule has 0 fully saturated rings. The normalized spacial score (nSPS) is 12.7. The van der Waals surface area contributed by atoms with Gasteiger partial charge in [0.25, 0.3) is 0 Å². The van der Waals surface area contributed by atoms with Gasteiger partial charge in [0.1, 0.15) is 5.82 Å². The van der Waals surface area contributed by atoms with Gasteiger partial charge in [-0.3, -0.25) is 0 Å². The Morgan fingerprint density at radius 2 is 2.05 bits per heavy atom. The van der Waals surface area contributed by atoms with Crippen LogP contribution >= 0.6 is 22.9 Å². The van der Waals surface area contributed by atoms with Crippen LogP contribution in [0.5, 0.6) is 0 Å². The molecule has 1 atom stereocenters. The second-order valence-electron chi connectivity index (χ2n) is 4.85. The zero-order chi connectivity index (χ0) is 14.8. The lowest BCUT2D eigenvalue weighted by Gasteiger charge is -2.18. The number of fused-ring (bicyclic) bond motifs is 1. The smallest absolute Gasteiger partial charge is 0.142 e. The third-order valence-corrected chi connectivity index (χ3v) is 4.80. The molecule has 0 aliphatic heterocycles. The molecule has 0 aliphatic rings. The molecule has 0 spiro atoms. The van der Waals surface area contributed by atoms with Gasteiger partial charge in [-0.05, 0) is 46.6 Å². The Balaban J connectivity index is 2.11. The molecule has 4 heteroatoms. The average molecular weight is 320 g/mol. The summed E-state index contributed by atoms with van der Waals surface area (Å²) in [7, 11) is 0. The molecular weight excluding hydrogens is 305 g/mol. The summed E-state index contributed by atoms with van der Waals surface area (Å²) in [6.45, 7) is 2.85. The summed E-state index contributed by atoms with van der Waals surface area (Å²) in [6.07, 6.45) is 0. The van der Waals surface area contributed by atoms with Crippen LogP contribution in [-0.2, 0) is 0 Å². The van der Waals surface area contributed by atoms with Crippen molar-refractivity contribution in [1.82, 2.24) is 5.32 Å². The van der Waals surface area contributed by atoms with Crippen molar-refractivity contribution in [2.75, 3.05) is 6.54 Å². The zero-order valence-corrected chi connectivity index (χ0v) is 13.1. The van der Waals surface area contributed by atoms with Gasteiger partial charge in [-0.2, -0.15) is 0 Å². The fraction of sp³-hybridized carbons (Fsp3) is 0.176. The van der Waals surface area contributed by atoms with Crippen LogP contribution in [0.2, 0.25) is 5.02 Å². The van der Waals surface area contributed by atoms with Crippen molar-refractivity contribution in [3.05, 3.63) is 69.8 Å². The lowest BCUT2D eigenvalue weighted by Crippen LogP contribution is -2.21. The maximum Gasteiger partial charge on any atom is 0.142 e. The van der Waals surface area contributed by atoms with E-state index in [-0.39, 0.29) is 16.9 Å². The molecule has 1 N–H and O–H groups in total. The maximum atomic E-state index is 13.8. The molecule has 3 aromatic rings. The van der Waals surface area contributed by atoms with Gasteiger partial charge in [0.2, 0.25) is 0 Å². The summed E-state index contributed by atoms with van der Waals surface area (Å²) in [4.78, 5) is 0. The largest absolute Gasteiger partial charge is 0.306 e. The third kappa shape index (κ3) is 2.82. The van der Waals surface area contributed by atoms with Gasteiger partial charge in [-0.1, -0.05) is 42.8 Å². The first-order valence-corrected chi connectivity index (χ1v) is 8.11. The van der Waals surface area contributed by atoms with Gasteiger partial charge in [-0.25, -0.2) is 4.39 Å². The van der Waals surface area contributed by atoms with Crippen molar-refractivity contribution >= 4 is 33.0 Å². The predicted molar refractivity (Wildman–Crippen MR) is 88.8 cm³/mol. The second kappa shape index (κ2) is 6.14. The van der Waals surface area contributed by atoms with E-state index in [1.54, 1.807) is 17.4 Å². The van der Waals surface area contributed by atoms with Gasteiger partial charge >= 0.3 is 0 Å². The van der Waals surface area contributed by atoms with E-state index in [1.165, 1.54) is 21.7 Å². The van der Waals surface area contributed by atoms with Gasteiger partial charge < -0.3 is 5.32 Å². The minimum absolute atomic E-state index is 0.0297. The zero-order valence-electron chi connectivity index (χ0n) is 11.6. The number of nitrogens with one attached hydrogen (secondary N) is 1. The molecule has 0 amide bonds. The van der Waals surface area contributed by atoms with Crippen LogP contribution in [0, 0.1) is 5.82 Å². The van der Waals surface area contributed by atoms with Gasteiger partial charge in [0.05, 0.1) is 11.1 Å². The number of halogens is 2. The molecule has 3 rings (SSSR count). The summed E-state index contributed by atoms with van der Waals surface area (Å²) in [5, 5.41) is 6.95. The number of thiophene rings is 1. The van der Waals surface area contributed by atoms with E-state index >= 15 is 0 Å². The van der Waals surface area contributed by atoms with Crippen LogP contribution in [0.4, 0.5) is 4.39 Å². The SMILES string of the molecule is CCNC(c1ccc(Cl)c(F)c1)c1csc2ccccc12. The highest BCUT2D eigenvalue weighted by atomic mass is 35.5. The minimum Gasteiger partial charge on any atom is -0.306 e. The van der Waals surface area contributed by atoms with Gasteiger partial charge in [0, 0.05) is 4.70 Å². The molecule has 2 aromatic carbocycles. The Kier molecular flexibility index (Phi) is 4.24. The fourth-order valence-corrected chi connectivity index (χ4v) is 3.63. The Morgan fingerprint density at radius 1 is 1.24 bits per heavy atom. The Morgan fingerprint density at radius 3 is 2.81 bits per heavy atom. The van der Waals surface area contributed by atoms with Crippen molar-refractivity contribution in [3.8, 4) is 0 Å². The number of hydrogen-bond donors (Lipinski definition) is 1. The first kappa shape index (κ1) is 14.5. The number of rotatable bonds is 4. The molecule has 0 aliphatic carbocycles. The van der Waals surface area contributed by atoms with Crippen molar-refractivity contribution in [2.45, 2.75) is 13.0 Å². The standard InChI is InChI=1S/C17H15ClFNS/c1-2-20-17(11-7-8-14(18)15(19)9-11)13-10-21-16-6-4-3-5-12(13)16/h3-10,17,20H,2H2,1H3. The van der Waals surface area contributed by atoms with Crippen LogP contribution in [0.15, 0.2) is 47.8 Å². The monoisotopic (exact) mass is 319 g/mol. The van der Waals surface area contributed by atoms with E-state index < -0.39 is 0 Å². The van der Waals surface area contributed by atoms with Crippen molar-refractivity contribution in [3.63, 3.8) is 0 Å². The Hall–Kier alpha value is -1.42. The summed E-state index contributed by atoms with van der Waals surface area (Å²) >= 11 is 7.50. The lowest BCUT2D eigenvalue weighted by molar-refractivity contribution is 0.605. The summed E-state index contributed by atoms with van der Waals surface area (Å²) in [6, 6.07) is 13.3. The van der Waals surface area contributed by atoms with Gasteiger partial charge in [0.15, 0.2) is 0 Å². The molecule has 0 saturated carbocycles. The van der Waals surface area contributed by atoms with Crippen LogP contribution < -0.4 is 5.32 Å². The number of hydrogen-bond acceptors (Lipinski definition) is 2. The quantitative estimate of drug-likeness (QED) is 0.679. The Labute approximate surface area is 132 Å². The van der Waals surface area contributed by atoms with Crippen molar-refractivity contribution in [2.24, 2.45) is 0 Å². The van der Waals surface area contributed by atoms with Crippen LogP contribution in [0.25, 0.3) is 10.1 Å². The lowest BCUT2D eigenvalue weighted by atomic mass is 9.98. The summed E-state index contributed by atoms with van der Waals surface area (Å²) < 4.78 is 15.0. The molecule has 1 unspecified atom stereocenters. The first-order chi connectivity index (χ1) is 10.2. The van der Waals surface area contributed by atoms with Crippen molar-refractivity contribution in [1.29, 1.82) is 0 Å². The highest BCUT2D eigenvalue weighted by Crippen LogP contribution is 2.34. The highest BCUT2D eigenvalue weighted by molar-refractivity contribution is 7.17. The minimum atomic E-state index is -0.378. The fourth-order valence-electron chi connectivity index (χ4n) is 2.53. The molecule has 0 radical (unpaired) electrons. The van der Waals surface area contributed by atoms with Crippen LogP contribution in [0.1, 0.15) is 24.1 Å². The first-order valence-electron chi connectivity index (χ1n) is 6.85. The maximum absolute atomic E-state index is 13.8. The summed E-state index contributed by atoms with van der Waals surface area (Å²) in [5.74, 6) is -0.378. The van der Waals surface area contributed by atoms with E-state index in [9.17, 15) is 4.39 Å².